The van der Waals surface area contributed by atoms with Crippen LogP contribution in [0.2, 0.25) is 0 Å². The lowest BCUT2D eigenvalue weighted by Crippen LogP contribution is -2.01. The van der Waals surface area contributed by atoms with E-state index in [-0.39, 0.29) is 10.7 Å². The van der Waals surface area contributed by atoms with Crippen molar-refractivity contribution in [2.45, 2.75) is 16.0 Å². The highest BCUT2D eigenvalue weighted by molar-refractivity contribution is 8.01. The van der Waals surface area contributed by atoms with E-state index in [0.717, 1.165) is 23.5 Å². The van der Waals surface area contributed by atoms with Crippen LogP contribution in [0.25, 0.3) is 0 Å². The van der Waals surface area contributed by atoms with Crippen molar-refractivity contribution in [3.8, 4) is 0 Å². The second kappa shape index (κ2) is 3.85. The highest BCUT2D eigenvalue weighted by Gasteiger charge is 2.20. The molecule has 0 atom stereocenters. The monoisotopic (exact) mass is 238 g/mol. The van der Waals surface area contributed by atoms with E-state index in [4.69, 9.17) is 5.73 Å². The molecule has 0 radical (unpaired) electrons. The molecule has 0 amide bonds. The number of anilines is 1. The van der Waals surface area contributed by atoms with Gasteiger partial charge in [-0.2, -0.15) is 4.37 Å². The first-order valence-electron chi connectivity index (χ1n) is 3.54. The quantitative estimate of drug-likeness (QED) is 0.802. The molecule has 0 aliphatic heterocycles. The number of nitrogen functional groups attached to an aromatic ring is 1. The summed E-state index contributed by atoms with van der Waals surface area (Å²) in [6, 6.07) is 0. The highest BCUT2D eigenvalue weighted by atomic mass is 32.2. The third-order valence-corrected chi connectivity index (χ3v) is 4.69. The molecule has 1 rings (SSSR count). The molecule has 7 heteroatoms. The Morgan fingerprint density at radius 2 is 2.23 bits per heavy atom. The van der Waals surface area contributed by atoms with E-state index in [2.05, 4.69) is 4.37 Å². The Bertz CT molecular complexity index is 396. The van der Waals surface area contributed by atoms with Crippen molar-refractivity contribution in [3.05, 3.63) is 0 Å². The molecule has 4 nitrogen and oxygen atoms in total. The van der Waals surface area contributed by atoms with Crippen LogP contribution < -0.4 is 5.73 Å². The molecular weight excluding hydrogens is 228 g/mol. The van der Waals surface area contributed by atoms with E-state index in [1.165, 1.54) is 11.8 Å². The number of rotatable bonds is 3. The first-order chi connectivity index (χ1) is 5.96. The second-order valence-corrected chi connectivity index (χ2v) is 6.65. The third kappa shape index (κ3) is 2.35. The van der Waals surface area contributed by atoms with Gasteiger partial charge in [-0.25, -0.2) is 8.42 Å². The molecule has 0 unspecified atom stereocenters. The minimum Gasteiger partial charge on any atom is -0.382 e. The van der Waals surface area contributed by atoms with Crippen molar-refractivity contribution in [2.75, 3.05) is 17.7 Å². The Morgan fingerprint density at radius 1 is 1.62 bits per heavy atom. The van der Waals surface area contributed by atoms with Crippen LogP contribution in [0.4, 0.5) is 5.82 Å². The molecule has 0 saturated carbocycles. The van der Waals surface area contributed by atoms with E-state index in [9.17, 15) is 8.42 Å². The Kier molecular flexibility index (Phi) is 3.20. The fourth-order valence-corrected chi connectivity index (χ4v) is 4.46. The Hall–Kier alpha value is -0.270. The maximum atomic E-state index is 11.3. The van der Waals surface area contributed by atoms with Crippen LogP contribution in [-0.4, -0.2) is 24.8 Å². The zero-order valence-electron chi connectivity index (χ0n) is 7.27. The van der Waals surface area contributed by atoms with E-state index in [1.807, 2.05) is 6.92 Å². The van der Waals surface area contributed by atoms with Gasteiger partial charge in [-0.1, -0.05) is 6.92 Å². The van der Waals surface area contributed by atoms with Gasteiger partial charge < -0.3 is 5.73 Å². The van der Waals surface area contributed by atoms with Gasteiger partial charge in [-0.15, -0.1) is 11.8 Å². The summed E-state index contributed by atoms with van der Waals surface area (Å²) in [6.45, 7) is 1.95. The zero-order chi connectivity index (χ0) is 10.1. The second-order valence-electron chi connectivity index (χ2n) is 2.39. The summed E-state index contributed by atoms with van der Waals surface area (Å²) in [6.07, 6.45) is 1.15. The fraction of sp³-hybridized carbons (Fsp3) is 0.500. The summed E-state index contributed by atoms with van der Waals surface area (Å²) in [5, 5.41) is 0. The number of hydrogen-bond acceptors (Lipinski definition) is 6. The SMILES string of the molecule is CCSc1snc(N)c1S(C)(=O)=O. The van der Waals surface area contributed by atoms with Gasteiger partial charge in [0.15, 0.2) is 15.7 Å². The number of nitrogens with two attached hydrogens (primary N) is 1. The summed E-state index contributed by atoms with van der Waals surface area (Å²) in [5.41, 5.74) is 5.46. The summed E-state index contributed by atoms with van der Waals surface area (Å²) >= 11 is 2.58. The van der Waals surface area contributed by atoms with E-state index in [1.54, 1.807) is 0 Å². The Morgan fingerprint density at radius 3 is 2.69 bits per heavy atom. The molecule has 0 spiro atoms. The molecule has 0 aliphatic rings. The van der Waals surface area contributed by atoms with Gasteiger partial charge in [0.05, 0.1) is 0 Å². The molecule has 1 aromatic rings. The van der Waals surface area contributed by atoms with Crippen LogP contribution in [0.3, 0.4) is 0 Å². The molecule has 2 N–H and O–H groups in total. The summed E-state index contributed by atoms with van der Waals surface area (Å²) in [4.78, 5) is 0.185. The lowest BCUT2D eigenvalue weighted by Gasteiger charge is -1.98. The summed E-state index contributed by atoms with van der Waals surface area (Å²) < 4.78 is 27.1. The van der Waals surface area contributed by atoms with E-state index < -0.39 is 9.84 Å². The van der Waals surface area contributed by atoms with Crippen LogP contribution in [0.5, 0.6) is 0 Å². The largest absolute Gasteiger partial charge is 0.382 e. The lowest BCUT2D eigenvalue weighted by molar-refractivity contribution is 0.601. The minimum absolute atomic E-state index is 0.114. The predicted octanol–water partition coefficient (Wildman–Crippen LogP) is 1.24. The molecule has 0 fully saturated rings. The molecule has 0 saturated heterocycles. The van der Waals surface area contributed by atoms with Crippen LogP contribution in [-0.2, 0) is 9.84 Å². The van der Waals surface area contributed by atoms with Crippen LogP contribution in [0.15, 0.2) is 9.10 Å². The lowest BCUT2D eigenvalue weighted by atomic mass is 10.7. The molecule has 13 heavy (non-hydrogen) atoms. The van der Waals surface area contributed by atoms with Gasteiger partial charge in [-0.05, 0) is 17.3 Å². The van der Waals surface area contributed by atoms with Crippen molar-refractivity contribution in [1.29, 1.82) is 0 Å². The van der Waals surface area contributed by atoms with Crippen LogP contribution in [0, 0.1) is 0 Å². The predicted molar refractivity (Wildman–Crippen MR) is 56.0 cm³/mol. The molecule has 1 heterocycles. The average Bonchev–Trinajstić information content (AvgIpc) is 2.31. The maximum absolute atomic E-state index is 11.3. The normalized spacial score (nSPS) is 11.8. The summed E-state index contributed by atoms with van der Waals surface area (Å²) in [7, 11) is -3.24. The number of thioether (sulfide) groups is 1. The Balaban J connectivity index is 3.25. The van der Waals surface area contributed by atoms with Crippen molar-refractivity contribution in [2.24, 2.45) is 0 Å². The topological polar surface area (TPSA) is 73.0 Å². The molecule has 1 aromatic heterocycles. The number of aromatic nitrogens is 1. The van der Waals surface area contributed by atoms with E-state index in [0.29, 0.717) is 4.21 Å². The van der Waals surface area contributed by atoms with Crippen LogP contribution >= 0.6 is 23.3 Å². The van der Waals surface area contributed by atoms with Crippen molar-refractivity contribution in [1.82, 2.24) is 4.37 Å². The number of sulfone groups is 1. The van der Waals surface area contributed by atoms with Crippen molar-refractivity contribution in [3.63, 3.8) is 0 Å². The first kappa shape index (κ1) is 10.8. The van der Waals surface area contributed by atoms with Gasteiger partial charge in [-0.3, -0.25) is 0 Å². The highest BCUT2D eigenvalue weighted by Crippen LogP contribution is 2.34. The van der Waals surface area contributed by atoms with Gasteiger partial charge in [0.2, 0.25) is 0 Å². The molecule has 0 aliphatic carbocycles. The zero-order valence-corrected chi connectivity index (χ0v) is 9.72. The van der Waals surface area contributed by atoms with Crippen molar-refractivity contribution < 1.29 is 8.42 Å². The fourth-order valence-electron chi connectivity index (χ4n) is 0.842. The molecule has 0 aromatic carbocycles. The standard InChI is InChI=1S/C6H10N2O2S3/c1-3-11-6-4(13(2,9)10)5(7)8-12-6/h3H2,1-2H3,(H2,7,8). The van der Waals surface area contributed by atoms with Gasteiger partial charge in [0, 0.05) is 6.26 Å². The average molecular weight is 238 g/mol. The Labute approximate surface area is 85.6 Å². The van der Waals surface area contributed by atoms with Crippen LogP contribution in [0.1, 0.15) is 6.92 Å². The number of nitrogens with zero attached hydrogens (tertiary/aromatic N) is 1. The van der Waals surface area contributed by atoms with Gasteiger partial charge in [0.25, 0.3) is 0 Å². The first-order valence-corrected chi connectivity index (χ1v) is 7.19. The molecule has 0 bridgehead atoms. The van der Waals surface area contributed by atoms with E-state index >= 15 is 0 Å². The molecule has 74 valence electrons. The number of hydrogen-bond donors (Lipinski definition) is 1. The van der Waals surface area contributed by atoms with Gasteiger partial charge in [0.1, 0.15) is 9.10 Å². The summed E-state index contributed by atoms with van der Waals surface area (Å²) in [5.74, 6) is 0.924. The maximum Gasteiger partial charge on any atom is 0.181 e. The molecular formula is C6H10N2O2S3. The third-order valence-electron chi connectivity index (χ3n) is 1.29. The smallest absolute Gasteiger partial charge is 0.181 e. The van der Waals surface area contributed by atoms with Crippen molar-refractivity contribution >= 4 is 38.9 Å². The van der Waals surface area contributed by atoms with Gasteiger partial charge >= 0.3 is 0 Å². The minimum atomic E-state index is -3.24.